The molecule has 1 aliphatic carbocycles. The van der Waals surface area contributed by atoms with Crippen LogP contribution in [0.4, 0.5) is 0 Å². The molecular formula is C13H25NO2. The van der Waals surface area contributed by atoms with Crippen molar-refractivity contribution in [2.45, 2.75) is 58.9 Å². The molecule has 1 atom stereocenters. The zero-order valence-corrected chi connectivity index (χ0v) is 10.8. The van der Waals surface area contributed by atoms with Crippen LogP contribution in [0, 0.1) is 11.3 Å². The van der Waals surface area contributed by atoms with Crippen molar-refractivity contribution >= 4 is 5.91 Å². The second-order valence-corrected chi connectivity index (χ2v) is 5.64. The highest BCUT2D eigenvalue weighted by molar-refractivity contribution is 5.83. The van der Waals surface area contributed by atoms with E-state index < -0.39 is 0 Å². The summed E-state index contributed by atoms with van der Waals surface area (Å²) in [5.41, 5.74) is -0.155. The average molecular weight is 227 g/mol. The second-order valence-electron chi connectivity index (χ2n) is 5.64. The normalized spacial score (nSPS) is 21.1. The van der Waals surface area contributed by atoms with Gasteiger partial charge in [-0.3, -0.25) is 4.79 Å². The smallest absolute Gasteiger partial charge is 0.226 e. The number of nitrogens with one attached hydrogen (secondary N) is 1. The minimum absolute atomic E-state index is 0.0174. The van der Waals surface area contributed by atoms with Crippen LogP contribution in [0.5, 0.6) is 0 Å². The molecule has 0 bridgehead atoms. The molecule has 1 amide bonds. The fourth-order valence-corrected chi connectivity index (χ4v) is 2.78. The third kappa shape index (κ3) is 3.21. The molecule has 94 valence electrons. The van der Waals surface area contributed by atoms with Gasteiger partial charge in [-0.1, -0.05) is 26.7 Å². The second kappa shape index (κ2) is 5.67. The topological polar surface area (TPSA) is 49.3 Å². The van der Waals surface area contributed by atoms with Crippen molar-refractivity contribution in [1.82, 2.24) is 5.32 Å². The quantitative estimate of drug-likeness (QED) is 0.755. The molecule has 1 aliphatic rings. The van der Waals surface area contributed by atoms with Crippen LogP contribution in [0.3, 0.4) is 0 Å². The third-order valence-corrected chi connectivity index (χ3v) is 3.49. The van der Waals surface area contributed by atoms with Gasteiger partial charge in [0, 0.05) is 11.5 Å². The van der Waals surface area contributed by atoms with E-state index in [1.54, 1.807) is 0 Å². The molecule has 0 saturated heterocycles. The summed E-state index contributed by atoms with van der Waals surface area (Å²) in [4.78, 5) is 12.2. The molecule has 2 N–H and O–H groups in total. The predicted octanol–water partition coefficient (Wildman–Crippen LogP) is 2.09. The summed E-state index contributed by atoms with van der Waals surface area (Å²) < 4.78 is 0. The standard InChI is InChI=1S/C13H25NO2/c1-10(2)8-13(6-4-5-7-13)12(16)14-11(3)9-15/h10-11,15H,4-9H2,1-3H3,(H,14,16). The number of carbonyl (C=O) groups excluding carboxylic acids is 1. The molecule has 0 radical (unpaired) electrons. The maximum absolute atomic E-state index is 12.2. The summed E-state index contributed by atoms with van der Waals surface area (Å²) in [6, 6.07) is -0.128. The maximum Gasteiger partial charge on any atom is 0.226 e. The lowest BCUT2D eigenvalue weighted by Gasteiger charge is -2.30. The van der Waals surface area contributed by atoms with Crippen LogP contribution >= 0.6 is 0 Å². The van der Waals surface area contributed by atoms with Gasteiger partial charge in [-0.05, 0) is 32.1 Å². The number of hydrogen-bond donors (Lipinski definition) is 2. The van der Waals surface area contributed by atoms with Crippen LogP contribution in [0.15, 0.2) is 0 Å². The van der Waals surface area contributed by atoms with Gasteiger partial charge < -0.3 is 10.4 Å². The summed E-state index contributed by atoms with van der Waals surface area (Å²) in [6.07, 6.45) is 5.31. The van der Waals surface area contributed by atoms with Crippen molar-refractivity contribution in [3.8, 4) is 0 Å². The molecule has 1 saturated carbocycles. The molecule has 1 fully saturated rings. The Hall–Kier alpha value is -0.570. The van der Waals surface area contributed by atoms with Gasteiger partial charge in [0.15, 0.2) is 0 Å². The van der Waals surface area contributed by atoms with Gasteiger partial charge >= 0.3 is 0 Å². The Morgan fingerprint density at radius 3 is 2.31 bits per heavy atom. The van der Waals surface area contributed by atoms with Crippen molar-refractivity contribution in [1.29, 1.82) is 0 Å². The molecular weight excluding hydrogens is 202 g/mol. The highest BCUT2D eigenvalue weighted by Gasteiger charge is 2.41. The van der Waals surface area contributed by atoms with E-state index >= 15 is 0 Å². The van der Waals surface area contributed by atoms with E-state index in [1.165, 1.54) is 0 Å². The lowest BCUT2D eigenvalue weighted by atomic mass is 9.77. The van der Waals surface area contributed by atoms with Gasteiger partial charge in [0.2, 0.25) is 5.91 Å². The Morgan fingerprint density at radius 2 is 1.88 bits per heavy atom. The molecule has 0 aliphatic heterocycles. The summed E-state index contributed by atoms with van der Waals surface area (Å²) in [6.45, 7) is 6.20. The van der Waals surface area contributed by atoms with Crippen molar-refractivity contribution < 1.29 is 9.90 Å². The van der Waals surface area contributed by atoms with Crippen molar-refractivity contribution in [3.05, 3.63) is 0 Å². The summed E-state index contributed by atoms with van der Waals surface area (Å²) in [7, 11) is 0. The van der Waals surface area contributed by atoms with E-state index in [1.807, 2.05) is 6.92 Å². The fourth-order valence-electron chi connectivity index (χ4n) is 2.78. The van der Waals surface area contributed by atoms with Crippen LogP contribution in [0.1, 0.15) is 52.9 Å². The number of amides is 1. The molecule has 0 heterocycles. The van der Waals surface area contributed by atoms with Gasteiger partial charge in [-0.25, -0.2) is 0 Å². The van der Waals surface area contributed by atoms with E-state index in [-0.39, 0.29) is 24.0 Å². The lowest BCUT2D eigenvalue weighted by molar-refractivity contribution is -0.132. The highest BCUT2D eigenvalue weighted by Crippen LogP contribution is 2.43. The van der Waals surface area contributed by atoms with Crippen molar-refractivity contribution in [2.24, 2.45) is 11.3 Å². The molecule has 0 aromatic heterocycles. The van der Waals surface area contributed by atoms with E-state index in [9.17, 15) is 4.79 Å². The number of carbonyl (C=O) groups is 1. The lowest BCUT2D eigenvalue weighted by Crippen LogP contribution is -2.45. The summed E-state index contributed by atoms with van der Waals surface area (Å²) >= 11 is 0. The molecule has 1 rings (SSSR count). The van der Waals surface area contributed by atoms with Crippen LogP contribution < -0.4 is 5.32 Å². The minimum atomic E-state index is -0.155. The molecule has 0 aromatic carbocycles. The first kappa shape index (κ1) is 13.5. The Bertz CT molecular complexity index is 232. The van der Waals surface area contributed by atoms with Gasteiger partial charge in [0.05, 0.1) is 6.61 Å². The third-order valence-electron chi connectivity index (χ3n) is 3.49. The molecule has 1 unspecified atom stereocenters. The van der Waals surface area contributed by atoms with E-state index in [4.69, 9.17) is 5.11 Å². The highest BCUT2D eigenvalue weighted by atomic mass is 16.3. The largest absolute Gasteiger partial charge is 0.394 e. The van der Waals surface area contributed by atoms with Gasteiger partial charge in [0.1, 0.15) is 0 Å². The Kier molecular flexibility index (Phi) is 4.78. The first-order valence-electron chi connectivity index (χ1n) is 6.42. The fraction of sp³-hybridized carbons (Fsp3) is 0.923. The van der Waals surface area contributed by atoms with E-state index in [0.29, 0.717) is 5.92 Å². The Labute approximate surface area is 98.6 Å². The van der Waals surface area contributed by atoms with Crippen LogP contribution in [-0.2, 0) is 4.79 Å². The molecule has 3 heteroatoms. The summed E-state index contributed by atoms with van der Waals surface area (Å²) in [5.74, 6) is 0.702. The molecule has 16 heavy (non-hydrogen) atoms. The number of hydrogen-bond acceptors (Lipinski definition) is 2. The zero-order valence-electron chi connectivity index (χ0n) is 10.8. The zero-order chi connectivity index (χ0) is 12.2. The maximum atomic E-state index is 12.2. The van der Waals surface area contributed by atoms with Crippen molar-refractivity contribution in [3.63, 3.8) is 0 Å². The SMILES string of the molecule is CC(C)CC1(C(=O)NC(C)CO)CCCC1. The monoisotopic (exact) mass is 227 g/mol. The van der Waals surface area contributed by atoms with Crippen molar-refractivity contribution in [2.75, 3.05) is 6.61 Å². The predicted molar refractivity (Wildman–Crippen MR) is 65.0 cm³/mol. The molecule has 3 nitrogen and oxygen atoms in total. The Morgan fingerprint density at radius 1 is 1.31 bits per heavy atom. The summed E-state index contributed by atoms with van der Waals surface area (Å²) in [5, 5.41) is 11.9. The first-order chi connectivity index (χ1) is 7.50. The number of aliphatic hydroxyl groups excluding tert-OH is 1. The van der Waals surface area contributed by atoms with Crippen LogP contribution in [0.25, 0.3) is 0 Å². The average Bonchev–Trinajstić information content (AvgIpc) is 2.66. The van der Waals surface area contributed by atoms with Gasteiger partial charge in [-0.15, -0.1) is 0 Å². The van der Waals surface area contributed by atoms with E-state index in [2.05, 4.69) is 19.2 Å². The Balaban J connectivity index is 2.65. The van der Waals surface area contributed by atoms with Gasteiger partial charge in [0.25, 0.3) is 0 Å². The number of rotatable bonds is 5. The molecule has 0 spiro atoms. The molecule has 0 aromatic rings. The minimum Gasteiger partial charge on any atom is -0.394 e. The van der Waals surface area contributed by atoms with Crippen LogP contribution in [-0.4, -0.2) is 23.7 Å². The van der Waals surface area contributed by atoms with Crippen LogP contribution in [0.2, 0.25) is 0 Å². The van der Waals surface area contributed by atoms with E-state index in [0.717, 1.165) is 32.1 Å². The first-order valence-corrected chi connectivity index (χ1v) is 6.42. The number of aliphatic hydroxyl groups is 1. The van der Waals surface area contributed by atoms with Gasteiger partial charge in [-0.2, -0.15) is 0 Å².